The average molecular weight is 577 g/mol. The molecule has 0 spiro atoms. The summed E-state index contributed by atoms with van der Waals surface area (Å²) < 4.78 is 7.87. The van der Waals surface area contributed by atoms with E-state index in [1.165, 1.54) is 24.6 Å². The van der Waals surface area contributed by atoms with Gasteiger partial charge >= 0.3 is 0 Å². The molecule has 11 heteroatoms. The van der Waals surface area contributed by atoms with Gasteiger partial charge in [-0.15, -0.1) is 0 Å². The molecule has 1 aliphatic carbocycles. The van der Waals surface area contributed by atoms with Crippen LogP contribution in [-0.2, 0) is 16.6 Å². The minimum atomic E-state index is -1.11. The number of anilines is 1. The van der Waals surface area contributed by atoms with Crippen LogP contribution in [0, 0.1) is 5.92 Å². The molecule has 6 rings (SSSR count). The van der Waals surface area contributed by atoms with Crippen molar-refractivity contribution in [1.29, 1.82) is 0 Å². The van der Waals surface area contributed by atoms with Gasteiger partial charge in [0.15, 0.2) is 17.7 Å². The lowest BCUT2D eigenvalue weighted by Crippen LogP contribution is -2.52. The second-order valence-electron chi connectivity index (χ2n) is 13.5. The number of nitrogen functional groups attached to an aromatic ring is 1. The summed E-state index contributed by atoms with van der Waals surface area (Å²) in [5, 5.41) is 21.8. The second kappa shape index (κ2) is 11.2. The predicted molar refractivity (Wildman–Crippen MR) is 162 cm³/mol. The third-order valence-electron chi connectivity index (χ3n) is 9.16. The summed E-state index contributed by atoms with van der Waals surface area (Å²) in [6, 6.07) is 7.27. The summed E-state index contributed by atoms with van der Waals surface area (Å²) in [7, 11) is 0. The first-order valence-corrected chi connectivity index (χ1v) is 15.2. The summed E-state index contributed by atoms with van der Waals surface area (Å²) in [4.78, 5) is 23.3. The minimum Gasteiger partial charge on any atom is -0.387 e. The maximum Gasteiger partial charge on any atom is 0.167 e. The van der Waals surface area contributed by atoms with E-state index in [2.05, 4.69) is 77.7 Å². The van der Waals surface area contributed by atoms with Gasteiger partial charge in [-0.25, -0.2) is 19.9 Å². The Morgan fingerprint density at radius 2 is 1.93 bits per heavy atom. The van der Waals surface area contributed by atoms with Crippen molar-refractivity contribution in [3.8, 4) is 0 Å². The summed E-state index contributed by atoms with van der Waals surface area (Å²) in [6.07, 6.45) is 4.93. The number of nitrogens with one attached hydrogen (secondary N) is 1. The van der Waals surface area contributed by atoms with E-state index < -0.39 is 24.5 Å². The SMILES string of the molecule is CC(C)N(C[C@H]1O[C@@H](n2cnc3c(N)ncnc32)[C@H](O)[C@@H]1O)C1CC(CCCc2nc3ccc(C(C)(C)C)cc3[nH]2)C1. The van der Waals surface area contributed by atoms with Crippen LogP contribution in [0.25, 0.3) is 22.2 Å². The lowest BCUT2D eigenvalue weighted by molar-refractivity contribution is -0.0621. The number of ether oxygens (including phenoxy) is 1. The third kappa shape index (κ3) is 5.50. The van der Waals surface area contributed by atoms with E-state index in [1.807, 2.05) is 0 Å². The van der Waals surface area contributed by atoms with E-state index >= 15 is 0 Å². The van der Waals surface area contributed by atoms with Crippen LogP contribution in [0.5, 0.6) is 0 Å². The molecule has 3 aromatic heterocycles. The molecule has 0 bridgehead atoms. The summed E-state index contributed by atoms with van der Waals surface area (Å²) in [5.41, 5.74) is 10.4. The highest BCUT2D eigenvalue weighted by molar-refractivity contribution is 5.81. The Balaban J connectivity index is 1.02. The largest absolute Gasteiger partial charge is 0.387 e. The lowest BCUT2D eigenvalue weighted by Gasteiger charge is -2.46. The van der Waals surface area contributed by atoms with Crippen LogP contribution in [0.15, 0.2) is 30.9 Å². The number of aromatic nitrogens is 6. The van der Waals surface area contributed by atoms with E-state index in [-0.39, 0.29) is 17.3 Å². The summed E-state index contributed by atoms with van der Waals surface area (Å²) in [5.74, 6) is 2.01. The minimum absolute atomic E-state index is 0.118. The molecule has 42 heavy (non-hydrogen) atoms. The number of nitrogens with zero attached hydrogens (tertiary/aromatic N) is 6. The molecule has 1 aromatic carbocycles. The Kier molecular flexibility index (Phi) is 7.71. The van der Waals surface area contributed by atoms with E-state index in [0.717, 1.165) is 42.5 Å². The van der Waals surface area contributed by atoms with E-state index in [4.69, 9.17) is 15.5 Å². The van der Waals surface area contributed by atoms with Crippen LogP contribution < -0.4 is 5.73 Å². The zero-order valence-electron chi connectivity index (χ0n) is 25.2. The van der Waals surface area contributed by atoms with Crippen LogP contribution in [0.4, 0.5) is 5.82 Å². The first kappa shape index (κ1) is 29.0. The molecule has 4 aromatic rings. The number of nitrogens with two attached hydrogens (primary N) is 1. The molecule has 5 N–H and O–H groups in total. The Bertz CT molecular complexity index is 1540. The molecular formula is C31H44N8O3. The summed E-state index contributed by atoms with van der Waals surface area (Å²) in [6.45, 7) is 11.6. The number of aromatic amines is 1. The van der Waals surface area contributed by atoms with Crippen LogP contribution in [-0.4, -0.2) is 81.5 Å². The van der Waals surface area contributed by atoms with Crippen molar-refractivity contribution in [1.82, 2.24) is 34.4 Å². The van der Waals surface area contributed by atoms with E-state index in [9.17, 15) is 10.2 Å². The number of aliphatic hydroxyl groups is 2. The van der Waals surface area contributed by atoms with Crippen molar-refractivity contribution in [3.63, 3.8) is 0 Å². The Morgan fingerprint density at radius 1 is 1.14 bits per heavy atom. The molecular weight excluding hydrogens is 532 g/mol. The summed E-state index contributed by atoms with van der Waals surface area (Å²) >= 11 is 0. The Labute approximate surface area is 246 Å². The maximum atomic E-state index is 10.9. The monoisotopic (exact) mass is 576 g/mol. The predicted octanol–water partition coefficient (Wildman–Crippen LogP) is 3.71. The number of rotatable bonds is 9. The van der Waals surface area contributed by atoms with Crippen molar-refractivity contribution >= 4 is 28.0 Å². The second-order valence-corrected chi connectivity index (χ2v) is 13.5. The molecule has 2 fully saturated rings. The first-order valence-electron chi connectivity index (χ1n) is 15.2. The van der Waals surface area contributed by atoms with Crippen LogP contribution in [0.3, 0.4) is 0 Å². The number of aryl methyl sites for hydroxylation is 1. The standard InChI is InChI=1S/C31H44N8O3/c1-17(2)38(14-23-26(40)27(41)30(42-23)39-16-35-25-28(32)33-15-34-29(25)39)20-11-18(12-20)7-6-8-24-36-21-10-9-19(31(3,4)5)13-22(21)37-24/h9-10,13,15-18,20,23,26-27,30,40-41H,6-8,11-12,14H2,1-5H3,(H,36,37)(H2,32,33,34)/t18?,20?,23-,26-,27-,30-/m1/s1. The van der Waals surface area contributed by atoms with Crippen molar-refractivity contribution in [2.24, 2.45) is 5.92 Å². The van der Waals surface area contributed by atoms with Gasteiger partial charge in [-0.3, -0.25) is 9.47 Å². The fourth-order valence-electron chi connectivity index (χ4n) is 6.57. The molecule has 2 aliphatic rings. The molecule has 4 heterocycles. The molecule has 0 radical (unpaired) electrons. The molecule has 0 amide bonds. The number of H-pyrrole nitrogens is 1. The number of imidazole rings is 2. The van der Waals surface area contributed by atoms with Gasteiger partial charge < -0.3 is 25.7 Å². The fourth-order valence-corrected chi connectivity index (χ4v) is 6.57. The highest BCUT2D eigenvalue weighted by atomic mass is 16.6. The van der Waals surface area contributed by atoms with Crippen molar-refractivity contribution in [2.45, 2.75) is 109 Å². The molecule has 226 valence electrons. The highest BCUT2D eigenvalue weighted by Gasteiger charge is 2.46. The van der Waals surface area contributed by atoms with Crippen LogP contribution in [0.1, 0.15) is 77.9 Å². The zero-order chi connectivity index (χ0) is 29.8. The molecule has 1 aliphatic heterocycles. The van der Waals surface area contributed by atoms with Gasteiger partial charge in [0, 0.05) is 25.0 Å². The van der Waals surface area contributed by atoms with Crippen molar-refractivity contribution < 1.29 is 14.9 Å². The number of hydrogen-bond acceptors (Lipinski definition) is 9. The van der Waals surface area contributed by atoms with Gasteiger partial charge in [0.05, 0.1) is 17.4 Å². The van der Waals surface area contributed by atoms with Gasteiger partial charge in [-0.05, 0) is 68.6 Å². The number of hydrogen-bond donors (Lipinski definition) is 4. The zero-order valence-corrected chi connectivity index (χ0v) is 25.2. The molecule has 1 saturated carbocycles. The number of fused-ring (bicyclic) bond motifs is 2. The van der Waals surface area contributed by atoms with Gasteiger partial charge in [0.2, 0.25) is 0 Å². The van der Waals surface area contributed by atoms with Gasteiger partial charge in [0.1, 0.15) is 36.0 Å². The van der Waals surface area contributed by atoms with Gasteiger partial charge in [-0.1, -0.05) is 26.8 Å². The van der Waals surface area contributed by atoms with Gasteiger partial charge in [-0.2, -0.15) is 0 Å². The molecule has 0 unspecified atom stereocenters. The smallest absolute Gasteiger partial charge is 0.167 e. The van der Waals surface area contributed by atoms with E-state index in [1.54, 1.807) is 4.57 Å². The molecule has 4 atom stereocenters. The van der Waals surface area contributed by atoms with Gasteiger partial charge in [0.25, 0.3) is 0 Å². The van der Waals surface area contributed by atoms with E-state index in [0.29, 0.717) is 29.7 Å². The normalized spacial score (nSPS) is 26.6. The Hall–Kier alpha value is -3.12. The topological polar surface area (TPSA) is 151 Å². The Morgan fingerprint density at radius 3 is 2.67 bits per heavy atom. The number of benzene rings is 1. The van der Waals surface area contributed by atoms with Crippen LogP contribution >= 0.6 is 0 Å². The van der Waals surface area contributed by atoms with Crippen molar-refractivity contribution in [3.05, 3.63) is 42.2 Å². The van der Waals surface area contributed by atoms with Crippen LogP contribution in [0.2, 0.25) is 0 Å². The third-order valence-corrected chi connectivity index (χ3v) is 9.16. The quantitative estimate of drug-likeness (QED) is 0.234. The first-order chi connectivity index (χ1) is 20.0. The highest BCUT2D eigenvalue weighted by Crippen LogP contribution is 2.38. The number of aliphatic hydroxyl groups excluding tert-OH is 2. The molecule has 11 nitrogen and oxygen atoms in total. The lowest BCUT2D eigenvalue weighted by atomic mass is 9.76. The fraction of sp³-hybridized carbons (Fsp3) is 0.613. The average Bonchev–Trinajstić information content (AvgIpc) is 3.60. The maximum absolute atomic E-state index is 10.9. The molecule has 1 saturated heterocycles. The van der Waals surface area contributed by atoms with Crippen molar-refractivity contribution in [2.75, 3.05) is 12.3 Å².